The molecule has 23 heavy (non-hydrogen) atoms. The summed E-state index contributed by atoms with van der Waals surface area (Å²) < 4.78 is 13.0. The molecule has 0 spiro atoms. The van der Waals surface area contributed by atoms with Crippen molar-refractivity contribution in [1.29, 1.82) is 0 Å². The third-order valence-electron chi connectivity index (χ3n) is 2.92. The van der Waals surface area contributed by atoms with Gasteiger partial charge in [0, 0.05) is 37.8 Å². The predicted octanol–water partition coefficient (Wildman–Crippen LogP) is 3.64. The van der Waals surface area contributed by atoms with Gasteiger partial charge in [-0.3, -0.25) is 10.1 Å². The van der Waals surface area contributed by atoms with Crippen molar-refractivity contribution in [3.05, 3.63) is 52.3 Å². The number of rotatable bonds is 2. The Labute approximate surface area is 144 Å². The Morgan fingerprint density at radius 3 is 2.52 bits per heavy atom. The summed E-state index contributed by atoms with van der Waals surface area (Å²) in [6.07, 6.45) is 0. The molecule has 0 saturated heterocycles. The maximum Gasteiger partial charge on any atom is 0.270 e. The maximum atomic E-state index is 13.0. The number of halogens is 1. The van der Waals surface area contributed by atoms with Crippen LogP contribution in [0.3, 0.4) is 0 Å². The van der Waals surface area contributed by atoms with E-state index in [-0.39, 0.29) is 25.8 Å². The maximum absolute atomic E-state index is 13.0. The number of non-ortho nitro benzene ring substituents is 1. The van der Waals surface area contributed by atoms with E-state index in [0.717, 1.165) is 6.07 Å². The van der Waals surface area contributed by atoms with Crippen LogP contribution >= 0.6 is 0 Å². The molecule has 0 fully saturated rings. The quantitative estimate of drug-likeness (QED) is 0.434. The minimum Gasteiger partial charge on any atom is -0.574 e. The first kappa shape index (κ1) is 18.7. The van der Waals surface area contributed by atoms with Crippen molar-refractivity contribution in [1.82, 2.24) is 10.2 Å². The number of phenolic OH excluding ortho intramolecular Hbond substituents is 1. The van der Waals surface area contributed by atoms with Crippen molar-refractivity contribution < 1.29 is 34.5 Å². The molecule has 3 aromatic rings. The van der Waals surface area contributed by atoms with E-state index in [4.69, 9.17) is 0 Å². The monoisotopic (exact) mass is 495 g/mol. The molecule has 1 aromatic heterocycles. The molecule has 2 aromatic carbocycles. The fraction of sp³-hybridized carbons (Fsp3) is 0.133. The average Bonchev–Trinajstić information content (AvgIpc) is 2.95. The van der Waals surface area contributed by atoms with Crippen LogP contribution in [-0.2, 0) is 20.1 Å². The molecule has 0 atom stereocenters. The first-order chi connectivity index (χ1) is 10.6. The number of nitro benzene ring substituents is 1. The van der Waals surface area contributed by atoms with Crippen LogP contribution in [0.2, 0.25) is 0 Å². The summed E-state index contributed by atoms with van der Waals surface area (Å²) in [5.74, 6) is -1.26. The fourth-order valence-corrected chi connectivity index (χ4v) is 1.95. The third kappa shape index (κ3) is 3.72. The van der Waals surface area contributed by atoms with Crippen LogP contribution in [0.25, 0.3) is 22.2 Å². The number of aromatic hydroxyl groups is 1. The van der Waals surface area contributed by atoms with Crippen LogP contribution in [0.4, 0.5) is 10.1 Å². The molecule has 3 rings (SSSR count). The van der Waals surface area contributed by atoms with Crippen LogP contribution in [0.5, 0.6) is 5.75 Å². The van der Waals surface area contributed by atoms with E-state index in [1.165, 1.54) is 30.3 Å². The molecule has 0 saturated carbocycles. The summed E-state index contributed by atoms with van der Waals surface area (Å²) in [5, 5.41) is 28.5. The first-order valence-corrected chi connectivity index (χ1v) is 6.62. The Morgan fingerprint density at radius 1 is 1.22 bits per heavy atom. The second kappa shape index (κ2) is 7.80. The molecule has 0 amide bonds. The van der Waals surface area contributed by atoms with Crippen LogP contribution in [0.1, 0.15) is 13.8 Å². The van der Waals surface area contributed by atoms with Gasteiger partial charge in [0.1, 0.15) is 0 Å². The van der Waals surface area contributed by atoms with Gasteiger partial charge in [-0.15, -0.1) is 5.52 Å². The zero-order valence-electron chi connectivity index (χ0n) is 12.3. The van der Waals surface area contributed by atoms with Crippen LogP contribution < -0.4 is 5.10 Å². The number of hydrogen-bond acceptors (Lipinski definition) is 4. The van der Waals surface area contributed by atoms with Crippen LogP contribution in [0.15, 0.2) is 36.4 Å². The van der Waals surface area contributed by atoms with Gasteiger partial charge < -0.3 is 15.3 Å². The van der Waals surface area contributed by atoms with Gasteiger partial charge in [-0.05, 0) is 23.6 Å². The molecule has 0 aliphatic rings. The summed E-state index contributed by atoms with van der Waals surface area (Å²) in [6.45, 7) is 4.00. The molecule has 0 aliphatic heterocycles. The molecule has 0 unspecified atom stereocenters. The zero-order valence-corrected chi connectivity index (χ0v) is 14.7. The molecule has 1 heterocycles. The van der Waals surface area contributed by atoms with Gasteiger partial charge in [-0.25, -0.2) is 4.39 Å². The number of nitro groups is 1. The minimum absolute atomic E-state index is 0. The fourth-order valence-electron chi connectivity index (χ4n) is 1.95. The number of benzene rings is 2. The number of aromatic nitrogens is 2. The summed E-state index contributed by atoms with van der Waals surface area (Å²) >= 11 is 0. The molecule has 123 valence electrons. The van der Waals surface area contributed by atoms with Gasteiger partial charge >= 0.3 is 0 Å². The number of fused-ring (bicyclic) bond motifs is 1. The van der Waals surface area contributed by atoms with Crippen LogP contribution in [-0.4, -0.2) is 15.1 Å². The normalized spacial score (nSPS) is 9.70. The van der Waals surface area contributed by atoms with E-state index < -0.39 is 16.5 Å². The first-order valence-electron chi connectivity index (χ1n) is 6.62. The molecule has 1 N–H and O–H groups in total. The molecule has 0 aliphatic carbocycles. The molecule has 1 radical (unpaired) electrons. The van der Waals surface area contributed by atoms with Crippen LogP contribution in [0, 0.1) is 15.9 Å². The average molecular weight is 495 g/mol. The topological polar surface area (TPSA) is 90.4 Å². The van der Waals surface area contributed by atoms with Crippen molar-refractivity contribution in [3.8, 4) is 17.0 Å². The summed E-state index contributed by atoms with van der Waals surface area (Å²) in [6, 6.07) is 7.92. The Bertz CT molecular complexity index is 836. The third-order valence-corrected chi connectivity index (χ3v) is 2.92. The van der Waals surface area contributed by atoms with Gasteiger partial charge in [0.25, 0.3) is 5.69 Å². The summed E-state index contributed by atoms with van der Waals surface area (Å²) in [5.41, 5.74) is 1.21. The standard InChI is InChI=1S/C13H7FN3O3.C2H6.Ir/c14-10-3-1-7(5-12(10)18)13-9-6-8(17(19)20)2-4-11(9)15-16-13;1-2;/h1-6H,(H-,15,16,18);1-2H3;/q-1;;. The summed E-state index contributed by atoms with van der Waals surface area (Å²) in [7, 11) is 0. The van der Waals surface area contributed by atoms with Gasteiger partial charge in [-0.1, -0.05) is 19.9 Å². The van der Waals surface area contributed by atoms with E-state index in [0.29, 0.717) is 22.2 Å². The van der Waals surface area contributed by atoms with Gasteiger partial charge in [-0.2, -0.15) is 0 Å². The second-order valence-electron chi connectivity index (χ2n) is 4.17. The zero-order chi connectivity index (χ0) is 16.3. The van der Waals surface area contributed by atoms with E-state index >= 15 is 0 Å². The molecular formula is C15H13FIrN3O3-. The van der Waals surface area contributed by atoms with Crippen molar-refractivity contribution in [2.75, 3.05) is 0 Å². The SMILES string of the molecule is CC.O=[N+]([O-])c1ccc2[n-]nc(-c3ccc(F)c(O)c3)c2c1.[Ir]. The number of phenols is 1. The Kier molecular flexibility index (Phi) is 6.36. The number of nitrogens with zero attached hydrogens (tertiary/aromatic N) is 3. The molecule has 8 heteroatoms. The Hall–Kier alpha value is -2.31. The minimum atomic E-state index is -0.747. The van der Waals surface area contributed by atoms with E-state index in [1.54, 1.807) is 0 Å². The van der Waals surface area contributed by atoms with Gasteiger partial charge in [0.2, 0.25) is 0 Å². The number of hydrogen-bond donors (Lipinski definition) is 1. The molecule has 6 nitrogen and oxygen atoms in total. The summed E-state index contributed by atoms with van der Waals surface area (Å²) in [4.78, 5) is 10.3. The molecule has 0 bridgehead atoms. The van der Waals surface area contributed by atoms with Gasteiger partial charge in [0.15, 0.2) is 11.6 Å². The predicted molar refractivity (Wildman–Crippen MR) is 80.1 cm³/mol. The van der Waals surface area contributed by atoms with Crippen molar-refractivity contribution >= 4 is 16.6 Å². The van der Waals surface area contributed by atoms with E-state index in [1.807, 2.05) is 13.8 Å². The largest absolute Gasteiger partial charge is 0.574 e. The van der Waals surface area contributed by atoms with E-state index in [9.17, 15) is 19.6 Å². The molecular weight excluding hydrogens is 481 g/mol. The van der Waals surface area contributed by atoms with Crippen molar-refractivity contribution in [3.63, 3.8) is 0 Å². The van der Waals surface area contributed by atoms with Crippen molar-refractivity contribution in [2.24, 2.45) is 0 Å². The Balaban J connectivity index is 0.000000849. The smallest absolute Gasteiger partial charge is 0.270 e. The van der Waals surface area contributed by atoms with Crippen molar-refractivity contribution in [2.45, 2.75) is 13.8 Å². The van der Waals surface area contributed by atoms with Gasteiger partial charge in [0.05, 0.1) is 10.6 Å². The second-order valence-corrected chi connectivity index (χ2v) is 4.17. The Morgan fingerprint density at radius 2 is 1.91 bits per heavy atom. The van der Waals surface area contributed by atoms with E-state index in [2.05, 4.69) is 10.2 Å².